The van der Waals surface area contributed by atoms with Crippen LogP contribution in [0.25, 0.3) is 0 Å². The van der Waals surface area contributed by atoms with Crippen molar-refractivity contribution in [1.29, 1.82) is 0 Å². The van der Waals surface area contributed by atoms with Gasteiger partial charge in [-0.25, -0.2) is 13.1 Å². The predicted octanol–water partition coefficient (Wildman–Crippen LogP) is 2.20. The molecular formula is C13H18ClNO4S. The first-order valence-corrected chi connectivity index (χ1v) is 8.42. The first-order chi connectivity index (χ1) is 9.53. The molecule has 0 bridgehead atoms. The normalized spacial score (nSPS) is 19.2. The molecule has 1 N–H and O–H groups in total. The molecule has 1 aliphatic rings. The summed E-state index contributed by atoms with van der Waals surface area (Å²) in [6.45, 7) is 3.29. The molecule has 1 heterocycles. The second kappa shape index (κ2) is 6.76. The second-order valence-electron chi connectivity index (χ2n) is 4.51. The van der Waals surface area contributed by atoms with Crippen LogP contribution in [0.2, 0.25) is 5.02 Å². The Labute approximate surface area is 124 Å². The summed E-state index contributed by atoms with van der Waals surface area (Å²) >= 11 is 6.00. The molecular weight excluding hydrogens is 302 g/mol. The average molecular weight is 320 g/mol. The number of hydrogen-bond acceptors (Lipinski definition) is 4. The predicted molar refractivity (Wildman–Crippen MR) is 76.8 cm³/mol. The van der Waals surface area contributed by atoms with E-state index in [2.05, 4.69) is 4.72 Å². The van der Waals surface area contributed by atoms with E-state index in [0.717, 1.165) is 12.8 Å². The first-order valence-electron chi connectivity index (χ1n) is 6.56. The molecule has 1 atom stereocenters. The summed E-state index contributed by atoms with van der Waals surface area (Å²) in [4.78, 5) is 0.129. The van der Waals surface area contributed by atoms with Crippen LogP contribution in [-0.4, -0.2) is 34.3 Å². The molecule has 112 valence electrons. The summed E-state index contributed by atoms with van der Waals surface area (Å²) in [7, 11) is -3.57. The van der Waals surface area contributed by atoms with Crippen molar-refractivity contribution in [3.63, 3.8) is 0 Å². The van der Waals surface area contributed by atoms with Crippen molar-refractivity contribution >= 4 is 21.6 Å². The van der Waals surface area contributed by atoms with E-state index in [1.807, 2.05) is 6.92 Å². The SMILES string of the molecule is CCOc1ccc(S(=O)(=O)NC[C@@H]2CCCO2)cc1Cl. The fraction of sp³-hybridized carbons (Fsp3) is 0.538. The molecule has 0 amide bonds. The van der Waals surface area contributed by atoms with Crippen molar-refractivity contribution in [2.24, 2.45) is 0 Å². The van der Waals surface area contributed by atoms with E-state index in [4.69, 9.17) is 21.1 Å². The van der Waals surface area contributed by atoms with Crippen molar-refractivity contribution < 1.29 is 17.9 Å². The van der Waals surface area contributed by atoms with E-state index in [-0.39, 0.29) is 22.6 Å². The minimum atomic E-state index is -3.57. The molecule has 5 nitrogen and oxygen atoms in total. The molecule has 0 spiro atoms. The van der Waals surface area contributed by atoms with Crippen LogP contribution < -0.4 is 9.46 Å². The molecule has 1 aromatic carbocycles. The molecule has 1 saturated heterocycles. The Kier molecular flexibility index (Phi) is 5.26. The second-order valence-corrected chi connectivity index (χ2v) is 6.69. The zero-order valence-corrected chi connectivity index (χ0v) is 12.8. The lowest BCUT2D eigenvalue weighted by atomic mass is 10.2. The van der Waals surface area contributed by atoms with Gasteiger partial charge in [0.15, 0.2) is 0 Å². The van der Waals surface area contributed by atoms with Crippen LogP contribution in [0.15, 0.2) is 23.1 Å². The molecule has 1 fully saturated rings. The Balaban J connectivity index is 2.06. The summed E-state index contributed by atoms with van der Waals surface area (Å²) in [5.74, 6) is 0.479. The number of benzene rings is 1. The number of sulfonamides is 1. The molecule has 2 rings (SSSR count). The van der Waals surface area contributed by atoms with Gasteiger partial charge in [0.1, 0.15) is 5.75 Å². The third-order valence-electron chi connectivity index (χ3n) is 3.04. The van der Waals surface area contributed by atoms with Gasteiger partial charge in [-0.05, 0) is 38.0 Å². The Morgan fingerprint density at radius 2 is 2.30 bits per heavy atom. The van der Waals surface area contributed by atoms with Crippen LogP contribution in [0.4, 0.5) is 0 Å². The fourth-order valence-electron chi connectivity index (χ4n) is 2.01. The monoisotopic (exact) mass is 319 g/mol. The molecule has 0 aliphatic carbocycles. The Hall–Kier alpha value is -0.820. The highest BCUT2D eigenvalue weighted by Gasteiger charge is 2.21. The number of ether oxygens (including phenoxy) is 2. The van der Waals surface area contributed by atoms with Crippen molar-refractivity contribution in [1.82, 2.24) is 4.72 Å². The van der Waals surface area contributed by atoms with Gasteiger partial charge in [0.05, 0.1) is 22.6 Å². The number of nitrogens with one attached hydrogen (secondary N) is 1. The van der Waals surface area contributed by atoms with Crippen molar-refractivity contribution in [2.45, 2.75) is 30.8 Å². The molecule has 1 aliphatic heterocycles. The molecule has 0 aromatic heterocycles. The van der Waals surface area contributed by atoms with Gasteiger partial charge >= 0.3 is 0 Å². The minimum Gasteiger partial charge on any atom is -0.492 e. The molecule has 1 aromatic rings. The molecule has 0 saturated carbocycles. The van der Waals surface area contributed by atoms with Gasteiger partial charge in [0.2, 0.25) is 10.0 Å². The van der Waals surface area contributed by atoms with Crippen LogP contribution in [0, 0.1) is 0 Å². The topological polar surface area (TPSA) is 64.6 Å². The van der Waals surface area contributed by atoms with Gasteiger partial charge in [0.25, 0.3) is 0 Å². The van der Waals surface area contributed by atoms with E-state index < -0.39 is 10.0 Å². The zero-order valence-electron chi connectivity index (χ0n) is 11.3. The van der Waals surface area contributed by atoms with Crippen molar-refractivity contribution in [2.75, 3.05) is 19.8 Å². The number of hydrogen-bond donors (Lipinski definition) is 1. The van der Waals surface area contributed by atoms with E-state index in [0.29, 0.717) is 19.0 Å². The third-order valence-corrected chi connectivity index (χ3v) is 4.76. The Morgan fingerprint density at radius 1 is 1.50 bits per heavy atom. The lowest BCUT2D eigenvalue weighted by molar-refractivity contribution is 0.114. The maximum absolute atomic E-state index is 12.1. The lowest BCUT2D eigenvalue weighted by Crippen LogP contribution is -2.31. The van der Waals surface area contributed by atoms with Gasteiger partial charge in [-0.3, -0.25) is 0 Å². The summed E-state index contributed by atoms with van der Waals surface area (Å²) in [5.41, 5.74) is 0. The van der Waals surface area contributed by atoms with E-state index >= 15 is 0 Å². The van der Waals surface area contributed by atoms with Crippen LogP contribution in [0.3, 0.4) is 0 Å². The van der Waals surface area contributed by atoms with Crippen LogP contribution in [-0.2, 0) is 14.8 Å². The quantitative estimate of drug-likeness (QED) is 0.873. The summed E-state index contributed by atoms with van der Waals surface area (Å²) in [5, 5.41) is 0.284. The molecule has 7 heteroatoms. The maximum atomic E-state index is 12.1. The molecule has 0 unspecified atom stereocenters. The minimum absolute atomic E-state index is 0.0389. The van der Waals surface area contributed by atoms with Gasteiger partial charge in [-0.1, -0.05) is 11.6 Å². The summed E-state index contributed by atoms with van der Waals surface area (Å²) in [6, 6.07) is 4.44. The molecule has 0 radical (unpaired) electrons. The smallest absolute Gasteiger partial charge is 0.240 e. The average Bonchev–Trinajstić information content (AvgIpc) is 2.92. The maximum Gasteiger partial charge on any atom is 0.240 e. The fourth-order valence-corrected chi connectivity index (χ4v) is 3.40. The van der Waals surface area contributed by atoms with Gasteiger partial charge in [-0.15, -0.1) is 0 Å². The largest absolute Gasteiger partial charge is 0.492 e. The van der Waals surface area contributed by atoms with Gasteiger partial charge < -0.3 is 9.47 Å². The van der Waals surface area contributed by atoms with Gasteiger partial charge in [-0.2, -0.15) is 0 Å². The zero-order chi connectivity index (χ0) is 14.6. The molecule has 20 heavy (non-hydrogen) atoms. The van der Waals surface area contributed by atoms with Crippen molar-refractivity contribution in [3.8, 4) is 5.75 Å². The van der Waals surface area contributed by atoms with E-state index in [1.54, 1.807) is 6.07 Å². The van der Waals surface area contributed by atoms with E-state index in [9.17, 15) is 8.42 Å². The summed E-state index contributed by atoms with van der Waals surface area (Å²) in [6.07, 6.45) is 1.82. The van der Waals surface area contributed by atoms with Crippen LogP contribution in [0.1, 0.15) is 19.8 Å². The van der Waals surface area contributed by atoms with E-state index in [1.165, 1.54) is 12.1 Å². The Morgan fingerprint density at radius 3 is 2.90 bits per heavy atom. The summed E-state index contributed by atoms with van der Waals surface area (Å²) < 4.78 is 37.5. The lowest BCUT2D eigenvalue weighted by Gasteiger charge is -2.12. The standard InChI is InChI=1S/C13H18ClNO4S/c1-2-18-13-6-5-11(8-12(13)14)20(16,17)15-9-10-4-3-7-19-10/h5-6,8,10,15H,2-4,7,9H2,1H3/t10-/m0/s1. The van der Waals surface area contributed by atoms with Crippen molar-refractivity contribution in [3.05, 3.63) is 23.2 Å². The Bertz CT molecular complexity index is 555. The van der Waals surface area contributed by atoms with Crippen LogP contribution >= 0.6 is 11.6 Å². The number of rotatable bonds is 6. The highest BCUT2D eigenvalue weighted by atomic mass is 35.5. The number of halogens is 1. The highest BCUT2D eigenvalue weighted by molar-refractivity contribution is 7.89. The highest BCUT2D eigenvalue weighted by Crippen LogP contribution is 2.27. The first kappa shape index (κ1) is 15.6. The van der Waals surface area contributed by atoms with Crippen LogP contribution in [0.5, 0.6) is 5.75 Å². The third kappa shape index (κ3) is 3.85. The van der Waals surface area contributed by atoms with Gasteiger partial charge in [0, 0.05) is 13.2 Å².